The van der Waals surface area contributed by atoms with Crippen molar-refractivity contribution in [2.45, 2.75) is 83.2 Å². The van der Waals surface area contributed by atoms with Gasteiger partial charge in [-0.25, -0.2) is 0 Å². The Morgan fingerprint density at radius 1 is 0.636 bits per heavy atom. The molecular weight excluding hydrogens is 475 g/mol. The molecule has 0 unspecified atom stereocenters. The van der Waals surface area contributed by atoms with E-state index in [1.165, 1.54) is 0 Å². The van der Waals surface area contributed by atoms with Crippen LogP contribution in [0.5, 0.6) is 0 Å². The Kier molecular flexibility index (Phi) is 15.7. The fourth-order valence-electron chi connectivity index (χ4n) is 4.17. The highest BCUT2D eigenvalue weighted by molar-refractivity contribution is 6.66. The summed E-state index contributed by atoms with van der Waals surface area (Å²) in [5.74, 6) is 0.00774. The smallest absolute Gasteiger partial charge is 0.334 e. The molecule has 0 atom stereocenters. The molecule has 0 saturated carbocycles. The van der Waals surface area contributed by atoms with Gasteiger partial charge >= 0.3 is 25.7 Å². The third-order valence-electron chi connectivity index (χ3n) is 7.32. The summed E-state index contributed by atoms with van der Waals surface area (Å²) in [6.07, 6.45) is 5.99. The maximum atomic E-state index is 11.9. The quantitative estimate of drug-likeness (QED) is 0.234. The lowest BCUT2D eigenvalue weighted by Crippen LogP contribution is -2.41. The molecule has 0 aliphatic carbocycles. The van der Waals surface area contributed by atoms with Crippen molar-refractivity contribution in [3.8, 4) is 0 Å². The van der Waals surface area contributed by atoms with E-state index in [2.05, 4.69) is 25.0 Å². The summed E-state index contributed by atoms with van der Waals surface area (Å²) in [7, 11) is 4.01. The van der Waals surface area contributed by atoms with E-state index >= 15 is 0 Å². The minimum atomic E-state index is -2.14. The van der Waals surface area contributed by atoms with Crippen molar-refractivity contribution in [2.24, 2.45) is 5.41 Å². The van der Waals surface area contributed by atoms with Crippen LogP contribution in [0, 0.1) is 5.41 Å². The second-order valence-electron chi connectivity index (χ2n) is 9.60. The van der Waals surface area contributed by atoms with Gasteiger partial charge in [-0.2, -0.15) is 0 Å². The van der Waals surface area contributed by atoms with E-state index < -0.39 is 25.7 Å². The van der Waals surface area contributed by atoms with Gasteiger partial charge in [-0.3, -0.25) is 4.79 Å². The van der Waals surface area contributed by atoms with E-state index in [4.69, 9.17) is 26.6 Å². The first-order valence-electron chi connectivity index (χ1n) is 12.0. The minimum Gasteiger partial charge on any atom is -0.398 e. The summed E-state index contributed by atoms with van der Waals surface area (Å²) < 4.78 is 34.2. The highest BCUT2D eigenvalue weighted by Gasteiger charge is 2.37. The first kappa shape index (κ1) is 32.9. The van der Waals surface area contributed by atoms with Crippen molar-refractivity contribution in [1.82, 2.24) is 5.32 Å². The molecule has 0 aromatic heterocycles. The van der Waals surface area contributed by atoms with Crippen LogP contribution in [0.15, 0.2) is 0 Å². The van der Waals surface area contributed by atoms with Gasteiger partial charge in [0.1, 0.15) is 0 Å². The fraction of sp³-hybridized carbons (Fsp3) is 0.955. The molecule has 11 heteroatoms. The van der Waals surface area contributed by atoms with Crippen molar-refractivity contribution in [1.29, 1.82) is 0 Å². The average Bonchev–Trinajstić information content (AvgIpc) is 2.82. The molecule has 1 amide bonds. The topological polar surface area (TPSA) is 84.5 Å². The van der Waals surface area contributed by atoms with E-state index in [0.717, 1.165) is 56.7 Å². The van der Waals surface area contributed by atoms with Gasteiger partial charge in [-0.1, -0.05) is 19.3 Å². The van der Waals surface area contributed by atoms with Gasteiger partial charge in [0, 0.05) is 56.1 Å². The van der Waals surface area contributed by atoms with Gasteiger partial charge in [0.15, 0.2) is 0 Å². The summed E-state index contributed by atoms with van der Waals surface area (Å²) in [5.41, 5.74) is -0.0178. The first-order chi connectivity index (χ1) is 15.4. The molecule has 0 heterocycles. The molecule has 0 aliphatic rings. The standard InChI is InChI=1S/C22H51NO7Si3/c1-21(24)23-20-22(14-11-17-31(8,25-2)26-3,15-12-18-32(9,27-4)28-5)16-13-19-33(10,29-6)30-7/h11-20H2,1-10H3,(H,23,24). The summed E-state index contributed by atoms with van der Waals surface area (Å²) in [4.78, 5) is 11.9. The van der Waals surface area contributed by atoms with E-state index in [-0.39, 0.29) is 11.3 Å². The number of hydrogen-bond acceptors (Lipinski definition) is 7. The van der Waals surface area contributed by atoms with Crippen molar-refractivity contribution < 1.29 is 31.4 Å². The van der Waals surface area contributed by atoms with Gasteiger partial charge in [0.2, 0.25) is 5.91 Å². The van der Waals surface area contributed by atoms with Gasteiger partial charge in [0.25, 0.3) is 0 Å². The van der Waals surface area contributed by atoms with Gasteiger partial charge < -0.3 is 31.9 Å². The second-order valence-corrected chi connectivity index (χ2v) is 20.3. The second kappa shape index (κ2) is 15.8. The predicted molar refractivity (Wildman–Crippen MR) is 140 cm³/mol. The molecule has 0 fully saturated rings. The monoisotopic (exact) mass is 525 g/mol. The Labute approximate surface area is 206 Å². The zero-order valence-electron chi connectivity index (χ0n) is 22.9. The van der Waals surface area contributed by atoms with E-state index in [0.29, 0.717) is 6.54 Å². The molecule has 0 bridgehead atoms. The Bertz CT molecular complexity index is 482. The third-order valence-corrected chi connectivity index (χ3v) is 16.3. The van der Waals surface area contributed by atoms with Crippen LogP contribution in [0.1, 0.15) is 45.4 Å². The molecule has 0 aromatic rings. The van der Waals surface area contributed by atoms with E-state index in [9.17, 15) is 4.79 Å². The molecule has 0 aromatic carbocycles. The molecule has 0 aliphatic heterocycles. The van der Waals surface area contributed by atoms with Gasteiger partial charge in [-0.15, -0.1) is 0 Å². The highest BCUT2D eigenvalue weighted by atomic mass is 28.4. The maximum absolute atomic E-state index is 11.9. The van der Waals surface area contributed by atoms with Crippen molar-refractivity contribution in [3.05, 3.63) is 0 Å². The van der Waals surface area contributed by atoms with Crippen molar-refractivity contribution >= 4 is 31.6 Å². The molecule has 0 radical (unpaired) electrons. The summed E-state index contributed by atoms with van der Waals surface area (Å²) in [6.45, 7) is 8.56. The van der Waals surface area contributed by atoms with Crippen molar-refractivity contribution in [2.75, 3.05) is 49.2 Å². The van der Waals surface area contributed by atoms with Crippen LogP contribution in [-0.4, -0.2) is 80.8 Å². The largest absolute Gasteiger partial charge is 0.398 e. The predicted octanol–water partition coefficient (Wildman–Crippen LogP) is 4.54. The molecule has 0 saturated heterocycles. The van der Waals surface area contributed by atoms with Gasteiger partial charge in [-0.05, 0) is 62.5 Å². The number of rotatable bonds is 20. The zero-order valence-corrected chi connectivity index (χ0v) is 25.9. The molecule has 198 valence electrons. The van der Waals surface area contributed by atoms with Crippen LogP contribution in [0.2, 0.25) is 37.8 Å². The van der Waals surface area contributed by atoms with Crippen LogP contribution in [0.3, 0.4) is 0 Å². The Morgan fingerprint density at radius 3 is 1.12 bits per heavy atom. The third kappa shape index (κ3) is 12.4. The zero-order chi connectivity index (χ0) is 25.6. The molecule has 33 heavy (non-hydrogen) atoms. The molecule has 1 N–H and O–H groups in total. The highest BCUT2D eigenvalue weighted by Crippen LogP contribution is 2.39. The molecule has 0 rings (SSSR count). The SMILES string of the molecule is CO[Si](C)(CCCC(CCC[Si](C)(OC)OC)(CCC[Si](C)(OC)OC)CNC(C)=O)OC. The molecule has 0 spiro atoms. The summed E-state index contributed by atoms with van der Waals surface area (Å²) in [5, 5.41) is 3.12. The number of carbonyl (C=O) groups is 1. The minimum absolute atomic E-state index is 0.00774. The van der Waals surface area contributed by atoms with E-state index in [1.54, 1.807) is 49.6 Å². The molecule has 8 nitrogen and oxygen atoms in total. The lowest BCUT2D eigenvalue weighted by atomic mass is 9.75. The van der Waals surface area contributed by atoms with E-state index in [1.807, 2.05) is 0 Å². The number of hydrogen-bond donors (Lipinski definition) is 1. The summed E-state index contributed by atoms with van der Waals surface area (Å²) in [6, 6.07) is 2.77. The first-order valence-corrected chi connectivity index (χ1v) is 19.5. The number of nitrogens with one attached hydrogen (secondary N) is 1. The van der Waals surface area contributed by atoms with Crippen LogP contribution in [-0.2, 0) is 31.4 Å². The number of carbonyl (C=O) groups excluding carboxylic acids is 1. The Hall–Kier alpha value is -0.119. The van der Waals surface area contributed by atoms with Crippen LogP contribution < -0.4 is 5.32 Å². The summed E-state index contributed by atoms with van der Waals surface area (Å²) >= 11 is 0. The average molecular weight is 526 g/mol. The fourth-order valence-corrected chi connectivity index (χ4v) is 8.35. The Morgan fingerprint density at radius 2 is 0.909 bits per heavy atom. The Balaban J connectivity index is 5.55. The van der Waals surface area contributed by atoms with Crippen LogP contribution in [0.4, 0.5) is 0 Å². The lowest BCUT2D eigenvalue weighted by molar-refractivity contribution is -0.119. The van der Waals surface area contributed by atoms with Crippen LogP contribution >= 0.6 is 0 Å². The van der Waals surface area contributed by atoms with Crippen molar-refractivity contribution in [3.63, 3.8) is 0 Å². The maximum Gasteiger partial charge on any atom is 0.334 e. The molecular formula is C22H51NO7Si3. The van der Waals surface area contributed by atoms with Crippen LogP contribution in [0.25, 0.3) is 0 Å². The lowest BCUT2D eigenvalue weighted by Gasteiger charge is -2.37. The normalized spacial score (nSPS) is 13.4. The number of amides is 1. The van der Waals surface area contributed by atoms with Gasteiger partial charge in [0.05, 0.1) is 0 Å².